The average molecular weight is 316 g/mol. The number of carbonyl (C=O) groups is 1. The van der Waals surface area contributed by atoms with Crippen LogP contribution >= 0.6 is 15.9 Å². The molecule has 1 amide bonds. The Morgan fingerprint density at radius 2 is 2.22 bits per heavy atom. The molecular weight excluding hydrogens is 294 g/mol. The van der Waals surface area contributed by atoms with E-state index < -0.39 is 0 Å². The molecule has 0 bridgehead atoms. The number of aryl methyl sites for hydroxylation is 2. The van der Waals surface area contributed by atoms with Gasteiger partial charge < -0.3 is 5.32 Å². The van der Waals surface area contributed by atoms with Gasteiger partial charge in [0.25, 0.3) is 5.91 Å². The van der Waals surface area contributed by atoms with Gasteiger partial charge in [0.05, 0.1) is 5.69 Å². The van der Waals surface area contributed by atoms with Gasteiger partial charge in [-0.1, -0.05) is 22.9 Å². The highest BCUT2D eigenvalue weighted by molar-refractivity contribution is 9.09. The predicted molar refractivity (Wildman–Crippen MR) is 77.2 cm³/mol. The van der Waals surface area contributed by atoms with Crippen molar-refractivity contribution in [1.29, 1.82) is 0 Å². The van der Waals surface area contributed by atoms with Crippen LogP contribution in [0.4, 0.5) is 0 Å². The summed E-state index contributed by atoms with van der Waals surface area (Å²) in [6.45, 7) is 8.76. The molecule has 102 valence electrons. The highest BCUT2D eigenvalue weighted by atomic mass is 79.9. The molecule has 0 aliphatic rings. The maximum absolute atomic E-state index is 12.3. The van der Waals surface area contributed by atoms with Gasteiger partial charge >= 0.3 is 0 Å². The normalized spacial score (nSPS) is 14.3. The van der Waals surface area contributed by atoms with E-state index in [1.807, 2.05) is 19.9 Å². The summed E-state index contributed by atoms with van der Waals surface area (Å²) in [5.74, 6) is -0.0391. The zero-order valence-electron chi connectivity index (χ0n) is 11.6. The van der Waals surface area contributed by atoms with Crippen molar-refractivity contribution in [2.75, 3.05) is 5.33 Å². The van der Waals surface area contributed by atoms with Crippen LogP contribution in [-0.4, -0.2) is 26.6 Å². The highest BCUT2D eigenvalue weighted by Crippen LogP contribution is 2.17. The molecule has 1 aromatic heterocycles. The van der Waals surface area contributed by atoms with Crippen molar-refractivity contribution in [2.24, 2.45) is 0 Å². The number of carbonyl (C=O) groups excluding carboxylic acids is 1. The van der Waals surface area contributed by atoms with Gasteiger partial charge in [-0.15, -0.1) is 0 Å². The van der Waals surface area contributed by atoms with Crippen LogP contribution in [0.2, 0.25) is 0 Å². The largest absolute Gasteiger partial charge is 0.346 e. The van der Waals surface area contributed by atoms with Crippen LogP contribution in [-0.2, 0) is 6.54 Å². The molecule has 1 rings (SSSR count). The molecular formula is C13H22BrN3O. The van der Waals surface area contributed by atoms with Crippen molar-refractivity contribution in [1.82, 2.24) is 15.1 Å². The van der Waals surface area contributed by atoms with Crippen LogP contribution in [0.5, 0.6) is 0 Å². The summed E-state index contributed by atoms with van der Waals surface area (Å²) in [5, 5.41) is 8.30. The monoisotopic (exact) mass is 315 g/mol. The number of rotatable bonds is 6. The first-order chi connectivity index (χ1) is 8.45. The number of nitrogens with zero attached hydrogens (tertiary/aromatic N) is 2. The van der Waals surface area contributed by atoms with E-state index in [2.05, 4.69) is 40.2 Å². The predicted octanol–water partition coefficient (Wildman–Crippen LogP) is 2.89. The van der Waals surface area contributed by atoms with Gasteiger partial charge in [0.1, 0.15) is 5.69 Å². The van der Waals surface area contributed by atoms with Gasteiger partial charge in [0, 0.05) is 17.4 Å². The third-order valence-corrected chi connectivity index (χ3v) is 3.67. The molecule has 18 heavy (non-hydrogen) atoms. The second kappa shape index (κ2) is 6.36. The van der Waals surface area contributed by atoms with Gasteiger partial charge in [-0.2, -0.15) is 5.10 Å². The quantitative estimate of drug-likeness (QED) is 0.820. The minimum Gasteiger partial charge on any atom is -0.346 e. The van der Waals surface area contributed by atoms with Crippen LogP contribution in [0.25, 0.3) is 0 Å². The fraction of sp³-hybridized carbons (Fsp3) is 0.692. The van der Waals surface area contributed by atoms with E-state index in [9.17, 15) is 4.79 Å². The first-order valence-corrected chi connectivity index (χ1v) is 7.50. The van der Waals surface area contributed by atoms with E-state index in [1.54, 1.807) is 4.68 Å². The number of amides is 1. The lowest BCUT2D eigenvalue weighted by Crippen LogP contribution is -2.46. The molecule has 1 aromatic rings. The van der Waals surface area contributed by atoms with E-state index in [-0.39, 0.29) is 11.4 Å². The van der Waals surface area contributed by atoms with Crippen LogP contribution in [0.15, 0.2) is 6.07 Å². The zero-order valence-corrected chi connectivity index (χ0v) is 13.2. The molecule has 0 aliphatic carbocycles. The number of nitrogens with one attached hydrogen (secondary N) is 1. The van der Waals surface area contributed by atoms with E-state index >= 15 is 0 Å². The summed E-state index contributed by atoms with van der Waals surface area (Å²) in [6, 6.07) is 1.84. The molecule has 1 unspecified atom stereocenters. The summed E-state index contributed by atoms with van der Waals surface area (Å²) in [7, 11) is 0. The topological polar surface area (TPSA) is 46.9 Å². The molecule has 0 fully saturated rings. The van der Waals surface area contributed by atoms with Crippen molar-refractivity contribution >= 4 is 21.8 Å². The van der Waals surface area contributed by atoms with Crippen LogP contribution in [0.1, 0.15) is 49.8 Å². The summed E-state index contributed by atoms with van der Waals surface area (Å²) < 4.78 is 1.74. The summed E-state index contributed by atoms with van der Waals surface area (Å²) >= 11 is 3.44. The Morgan fingerprint density at radius 1 is 1.56 bits per heavy atom. The van der Waals surface area contributed by atoms with Crippen molar-refractivity contribution < 1.29 is 4.79 Å². The fourth-order valence-corrected chi connectivity index (χ4v) is 2.72. The highest BCUT2D eigenvalue weighted by Gasteiger charge is 2.25. The first kappa shape index (κ1) is 15.2. The molecule has 0 radical (unpaired) electrons. The Kier molecular flexibility index (Phi) is 5.38. The number of alkyl halides is 1. The Balaban J connectivity index is 2.87. The molecule has 0 spiro atoms. The molecule has 0 saturated heterocycles. The van der Waals surface area contributed by atoms with E-state index in [0.29, 0.717) is 12.2 Å². The number of hydrogen-bond acceptors (Lipinski definition) is 2. The van der Waals surface area contributed by atoms with Gasteiger partial charge in [-0.3, -0.25) is 9.48 Å². The lowest BCUT2D eigenvalue weighted by Gasteiger charge is -2.29. The summed E-state index contributed by atoms with van der Waals surface area (Å²) in [5.41, 5.74) is 1.35. The Morgan fingerprint density at radius 3 is 2.72 bits per heavy atom. The maximum atomic E-state index is 12.3. The van der Waals surface area contributed by atoms with Gasteiger partial charge in [-0.25, -0.2) is 0 Å². The molecule has 0 aliphatic heterocycles. The molecule has 1 heterocycles. The molecule has 0 saturated carbocycles. The first-order valence-electron chi connectivity index (χ1n) is 6.38. The van der Waals surface area contributed by atoms with Crippen molar-refractivity contribution in [2.45, 2.75) is 52.6 Å². The van der Waals surface area contributed by atoms with E-state index in [1.165, 1.54) is 0 Å². The Hall–Kier alpha value is -0.840. The minimum atomic E-state index is -0.169. The Bertz CT molecular complexity index is 416. The molecule has 1 N–H and O–H groups in total. The van der Waals surface area contributed by atoms with E-state index in [4.69, 9.17) is 0 Å². The molecule has 4 nitrogen and oxygen atoms in total. The minimum absolute atomic E-state index is 0.0391. The second-order valence-electron chi connectivity index (χ2n) is 4.79. The molecule has 1 atom stereocenters. The van der Waals surface area contributed by atoms with Crippen LogP contribution in [0.3, 0.4) is 0 Å². The lowest BCUT2D eigenvalue weighted by atomic mass is 9.95. The molecule has 0 aromatic carbocycles. The van der Waals surface area contributed by atoms with E-state index in [0.717, 1.165) is 23.9 Å². The third-order valence-electron chi connectivity index (χ3n) is 3.28. The fourth-order valence-electron chi connectivity index (χ4n) is 1.84. The van der Waals surface area contributed by atoms with Gasteiger partial charge in [0.2, 0.25) is 0 Å². The van der Waals surface area contributed by atoms with Crippen molar-refractivity contribution in [3.8, 4) is 0 Å². The number of hydrogen-bond donors (Lipinski definition) is 1. The molecule has 5 heteroatoms. The standard InChI is InChI=1S/C13H22BrN3O/c1-5-13(4,7-8-14)15-12(18)11-9-10(3)16-17(11)6-2/h9H,5-8H2,1-4H3,(H,15,18). The number of aromatic nitrogens is 2. The van der Waals surface area contributed by atoms with Crippen molar-refractivity contribution in [3.63, 3.8) is 0 Å². The maximum Gasteiger partial charge on any atom is 0.269 e. The summed E-state index contributed by atoms with van der Waals surface area (Å²) in [6.07, 6.45) is 1.82. The summed E-state index contributed by atoms with van der Waals surface area (Å²) in [4.78, 5) is 12.3. The Labute approximate surface area is 117 Å². The zero-order chi connectivity index (χ0) is 13.8. The third kappa shape index (κ3) is 3.57. The average Bonchev–Trinajstić information content (AvgIpc) is 2.71. The van der Waals surface area contributed by atoms with Gasteiger partial charge in [-0.05, 0) is 39.7 Å². The van der Waals surface area contributed by atoms with Crippen LogP contribution < -0.4 is 5.32 Å². The number of halogens is 1. The SMILES string of the molecule is CCn1nc(C)cc1C(=O)NC(C)(CC)CCBr. The second-order valence-corrected chi connectivity index (χ2v) is 5.59. The smallest absolute Gasteiger partial charge is 0.269 e. The van der Waals surface area contributed by atoms with Gasteiger partial charge in [0.15, 0.2) is 0 Å². The van der Waals surface area contributed by atoms with Crippen LogP contribution in [0, 0.1) is 6.92 Å². The van der Waals surface area contributed by atoms with Crippen molar-refractivity contribution in [3.05, 3.63) is 17.5 Å². The lowest BCUT2D eigenvalue weighted by molar-refractivity contribution is 0.0891.